The first-order chi connectivity index (χ1) is 8.78. The van der Waals surface area contributed by atoms with Crippen LogP contribution in [0.25, 0.3) is 0 Å². The Balaban J connectivity index is 2.25. The summed E-state index contributed by atoms with van der Waals surface area (Å²) in [5, 5.41) is 11.6. The minimum Gasteiger partial charge on any atom is -0.481 e. The highest BCUT2D eigenvalue weighted by molar-refractivity contribution is 5.74. The van der Waals surface area contributed by atoms with Crippen molar-refractivity contribution in [3.05, 3.63) is 0 Å². The number of rotatable bonds is 4. The lowest BCUT2D eigenvalue weighted by Crippen LogP contribution is -2.46. The number of hydrogen-bond acceptors (Lipinski definition) is 2. The SMILES string of the molecule is CC(C)(C)CNC(=O)N1CCC(CCC(=O)O)CC1. The van der Waals surface area contributed by atoms with Gasteiger partial charge in [0.15, 0.2) is 0 Å². The summed E-state index contributed by atoms with van der Waals surface area (Å²) in [6.45, 7) is 8.41. The lowest BCUT2D eigenvalue weighted by atomic mass is 9.92. The van der Waals surface area contributed by atoms with E-state index in [1.54, 1.807) is 0 Å². The van der Waals surface area contributed by atoms with Gasteiger partial charge in [0.25, 0.3) is 0 Å². The second-order valence-electron chi connectivity index (χ2n) is 6.58. The van der Waals surface area contributed by atoms with Crippen molar-refractivity contribution in [3.63, 3.8) is 0 Å². The van der Waals surface area contributed by atoms with Crippen LogP contribution >= 0.6 is 0 Å². The summed E-state index contributed by atoms with van der Waals surface area (Å²) in [6.07, 6.45) is 2.79. The average Bonchev–Trinajstić information content (AvgIpc) is 2.33. The van der Waals surface area contributed by atoms with E-state index in [0.29, 0.717) is 12.5 Å². The van der Waals surface area contributed by atoms with Crippen LogP contribution in [-0.4, -0.2) is 41.6 Å². The quantitative estimate of drug-likeness (QED) is 0.823. The molecule has 5 heteroatoms. The zero-order valence-electron chi connectivity index (χ0n) is 12.2. The van der Waals surface area contributed by atoms with Gasteiger partial charge in [-0.3, -0.25) is 4.79 Å². The second-order valence-corrected chi connectivity index (χ2v) is 6.58. The number of carboxylic acid groups (broad SMARTS) is 1. The third-order valence-corrected chi connectivity index (χ3v) is 3.44. The lowest BCUT2D eigenvalue weighted by molar-refractivity contribution is -0.137. The molecule has 1 aliphatic heterocycles. The van der Waals surface area contributed by atoms with Crippen LogP contribution < -0.4 is 5.32 Å². The number of likely N-dealkylation sites (tertiary alicyclic amines) is 1. The Kier molecular flexibility index (Phi) is 5.63. The molecular weight excluding hydrogens is 244 g/mol. The van der Waals surface area contributed by atoms with Crippen molar-refractivity contribution in [2.75, 3.05) is 19.6 Å². The lowest BCUT2D eigenvalue weighted by Gasteiger charge is -2.32. The molecule has 1 heterocycles. The van der Waals surface area contributed by atoms with Gasteiger partial charge in [-0.1, -0.05) is 20.8 Å². The van der Waals surface area contributed by atoms with E-state index in [1.807, 2.05) is 4.90 Å². The highest BCUT2D eigenvalue weighted by atomic mass is 16.4. The minimum atomic E-state index is -0.731. The standard InChI is InChI=1S/C14H26N2O3/c1-14(2,3)10-15-13(19)16-8-6-11(7-9-16)4-5-12(17)18/h11H,4-10H2,1-3H3,(H,15,19)(H,17,18). The molecule has 0 bridgehead atoms. The number of amides is 2. The van der Waals surface area contributed by atoms with Gasteiger partial charge >= 0.3 is 12.0 Å². The number of nitrogens with zero attached hydrogens (tertiary/aromatic N) is 1. The van der Waals surface area contributed by atoms with E-state index in [1.165, 1.54) is 0 Å². The van der Waals surface area contributed by atoms with E-state index in [9.17, 15) is 9.59 Å². The molecule has 0 aromatic heterocycles. The van der Waals surface area contributed by atoms with Crippen LogP contribution in [0.1, 0.15) is 46.5 Å². The first-order valence-corrected chi connectivity index (χ1v) is 7.02. The van der Waals surface area contributed by atoms with E-state index in [0.717, 1.165) is 32.4 Å². The molecule has 1 rings (SSSR count). The summed E-state index contributed by atoms with van der Waals surface area (Å²) in [5.41, 5.74) is 0.0927. The molecule has 0 aromatic carbocycles. The maximum absolute atomic E-state index is 11.9. The zero-order chi connectivity index (χ0) is 14.5. The minimum absolute atomic E-state index is 0.00612. The van der Waals surface area contributed by atoms with Crippen molar-refractivity contribution in [2.24, 2.45) is 11.3 Å². The molecule has 1 saturated heterocycles. The van der Waals surface area contributed by atoms with E-state index < -0.39 is 5.97 Å². The molecular formula is C14H26N2O3. The maximum Gasteiger partial charge on any atom is 0.317 e. The van der Waals surface area contributed by atoms with Gasteiger partial charge in [-0.25, -0.2) is 4.79 Å². The van der Waals surface area contributed by atoms with Gasteiger partial charge < -0.3 is 15.3 Å². The van der Waals surface area contributed by atoms with Crippen LogP contribution in [0.2, 0.25) is 0 Å². The molecule has 110 valence electrons. The number of hydrogen-bond donors (Lipinski definition) is 2. The van der Waals surface area contributed by atoms with E-state index in [2.05, 4.69) is 26.1 Å². The molecule has 0 aliphatic carbocycles. The van der Waals surface area contributed by atoms with Crippen LogP contribution in [0.15, 0.2) is 0 Å². The number of carbonyl (C=O) groups is 2. The molecule has 0 saturated carbocycles. The highest BCUT2D eigenvalue weighted by Gasteiger charge is 2.23. The third kappa shape index (κ3) is 6.45. The number of aliphatic carboxylic acids is 1. The van der Waals surface area contributed by atoms with E-state index in [-0.39, 0.29) is 17.9 Å². The molecule has 19 heavy (non-hydrogen) atoms. The number of carbonyl (C=O) groups excluding carboxylic acids is 1. The van der Waals surface area contributed by atoms with Crippen molar-refractivity contribution >= 4 is 12.0 Å². The number of piperidine rings is 1. The van der Waals surface area contributed by atoms with E-state index in [4.69, 9.17) is 5.11 Å². The first kappa shape index (κ1) is 15.8. The van der Waals surface area contributed by atoms with Gasteiger partial charge in [-0.15, -0.1) is 0 Å². The van der Waals surface area contributed by atoms with Crippen molar-refractivity contribution in [3.8, 4) is 0 Å². The van der Waals surface area contributed by atoms with Gasteiger partial charge in [0, 0.05) is 26.1 Å². The first-order valence-electron chi connectivity index (χ1n) is 7.02. The fraction of sp³-hybridized carbons (Fsp3) is 0.857. The monoisotopic (exact) mass is 270 g/mol. The molecule has 2 N–H and O–H groups in total. The topological polar surface area (TPSA) is 69.6 Å². The van der Waals surface area contributed by atoms with Gasteiger partial charge in [-0.2, -0.15) is 0 Å². The zero-order valence-corrected chi connectivity index (χ0v) is 12.2. The predicted octanol–water partition coefficient (Wildman–Crippen LogP) is 2.32. The van der Waals surface area contributed by atoms with Gasteiger partial charge in [-0.05, 0) is 30.6 Å². The van der Waals surface area contributed by atoms with Crippen molar-refractivity contribution in [2.45, 2.75) is 46.5 Å². The molecule has 1 fully saturated rings. The fourth-order valence-corrected chi connectivity index (χ4v) is 2.20. The Bertz CT molecular complexity index is 315. The molecule has 0 atom stereocenters. The Morgan fingerprint density at radius 3 is 2.32 bits per heavy atom. The molecule has 1 aliphatic rings. The number of nitrogens with one attached hydrogen (secondary N) is 1. The Morgan fingerprint density at radius 2 is 1.84 bits per heavy atom. The predicted molar refractivity (Wildman–Crippen MR) is 74.0 cm³/mol. The van der Waals surface area contributed by atoms with Crippen molar-refractivity contribution in [1.82, 2.24) is 10.2 Å². The summed E-state index contributed by atoms with van der Waals surface area (Å²) in [5.74, 6) is -0.284. The Hall–Kier alpha value is -1.26. The Labute approximate surface area is 115 Å². The average molecular weight is 270 g/mol. The van der Waals surface area contributed by atoms with Crippen LogP contribution in [0.3, 0.4) is 0 Å². The highest BCUT2D eigenvalue weighted by Crippen LogP contribution is 2.22. The molecule has 2 amide bonds. The van der Waals surface area contributed by atoms with Crippen LogP contribution in [0, 0.1) is 11.3 Å². The van der Waals surface area contributed by atoms with Gasteiger partial charge in [0.1, 0.15) is 0 Å². The molecule has 0 radical (unpaired) electrons. The van der Waals surface area contributed by atoms with Crippen LogP contribution in [0.5, 0.6) is 0 Å². The third-order valence-electron chi connectivity index (χ3n) is 3.44. The normalized spacial score (nSPS) is 17.3. The Morgan fingerprint density at radius 1 is 1.26 bits per heavy atom. The van der Waals surface area contributed by atoms with E-state index >= 15 is 0 Å². The number of urea groups is 1. The second kappa shape index (κ2) is 6.78. The maximum atomic E-state index is 11.9. The van der Waals surface area contributed by atoms with Crippen molar-refractivity contribution in [1.29, 1.82) is 0 Å². The largest absolute Gasteiger partial charge is 0.481 e. The molecule has 0 spiro atoms. The molecule has 5 nitrogen and oxygen atoms in total. The van der Waals surface area contributed by atoms with Gasteiger partial charge in [0.2, 0.25) is 0 Å². The van der Waals surface area contributed by atoms with Crippen LogP contribution in [0.4, 0.5) is 4.79 Å². The number of carboxylic acids is 1. The summed E-state index contributed by atoms with van der Waals surface area (Å²) >= 11 is 0. The smallest absolute Gasteiger partial charge is 0.317 e. The summed E-state index contributed by atoms with van der Waals surface area (Å²) < 4.78 is 0. The van der Waals surface area contributed by atoms with Crippen molar-refractivity contribution < 1.29 is 14.7 Å². The van der Waals surface area contributed by atoms with Crippen LogP contribution in [-0.2, 0) is 4.79 Å². The summed E-state index contributed by atoms with van der Waals surface area (Å²) in [4.78, 5) is 24.3. The fourth-order valence-electron chi connectivity index (χ4n) is 2.20. The summed E-state index contributed by atoms with van der Waals surface area (Å²) in [6, 6.07) is 0.00612. The molecule has 0 unspecified atom stereocenters. The van der Waals surface area contributed by atoms with Gasteiger partial charge in [0.05, 0.1) is 0 Å². The molecule has 0 aromatic rings. The summed E-state index contributed by atoms with van der Waals surface area (Å²) in [7, 11) is 0.